The topological polar surface area (TPSA) is 24.5 Å². The van der Waals surface area contributed by atoms with Gasteiger partial charge in [0, 0.05) is 25.2 Å². The van der Waals surface area contributed by atoms with E-state index in [1.165, 1.54) is 19.5 Å². The van der Waals surface area contributed by atoms with Crippen LogP contribution in [0.5, 0.6) is 0 Å². The summed E-state index contributed by atoms with van der Waals surface area (Å²) >= 11 is 0. The van der Waals surface area contributed by atoms with E-state index in [0.717, 1.165) is 25.3 Å². The van der Waals surface area contributed by atoms with E-state index in [-0.39, 0.29) is 0 Å². The van der Waals surface area contributed by atoms with Crippen molar-refractivity contribution >= 4 is 0 Å². The van der Waals surface area contributed by atoms with Crippen molar-refractivity contribution < 1.29 is 4.74 Å². The average molecular weight is 168 g/mol. The summed E-state index contributed by atoms with van der Waals surface area (Å²) in [7, 11) is 0. The summed E-state index contributed by atoms with van der Waals surface area (Å²) in [6.45, 7) is 6.65. The Hall–Kier alpha value is -0.120. The molecule has 2 atom stereocenters. The molecule has 3 heteroatoms. The Balaban J connectivity index is 1.77. The molecular weight excluding hydrogens is 152 g/mol. The second-order valence-electron chi connectivity index (χ2n) is 4.64. The Morgan fingerprint density at radius 2 is 2.33 bits per heavy atom. The fraction of sp³-hybridized carbons (Fsp3) is 1.00. The van der Waals surface area contributed by atoms with Crippen molar-refractivity contribution in [1.82, 2.24) is 10.2 Å². The zero-order valence-corrected chi connectivity index (χ0v) is 7.55. The predicted molar refractivity (Wildman–Crippen MR) is 46.1 cm³/mol. The van der Waals surface area contributed by atoms with Crippen molar-refractivity contribution in [3.8, 4) is 0 Å². The number of hydrogen-bond donors (Lipinski definition) is 1. The predicted octanol–water partition coefficient (Wildman–Crippen LogP) is -0.179. The van der Waals surface area contributed by atoms with Crippen LogP contribution in [0.25, 0.3) is 0 Å². The molecule has 3 fully saturated rings. The third kappa shape index (κ3) is 0.817. The van der Waals surface area contributed by atoms with Crippen LogP contribution in [0.3, 0.4) is 0 Å². The van der Waals surface area contributed by atoms with Gasteiger partial charge in [-0.15, -0.1) is 0 Å². The maximum Gasteiger partial charge on any atom is 0.0671 e. The lowest BCUT2D eigenvalue weighted by molar-refractivity contribution is -0.137. The van der Waals surface area contributed by atoms with Gasteiger partial charge in [0.2, 0.25) is 0 Å². The highest BCUT2D eigenvalue weighted by atomic mass is 16.5. The molecule has 1 N–H and O–H groups in total. The molecule has 0 aromatic rings. The number of nitrogens with zero attached hydrogens (tertiary/aromatic N) is 1. The Morgan fingerprint density at radius 3 is 2.75 bits per heavy atom. The summed E-state index contributed by atoms with van der Waals surface area (Å²) in [6.07, 6.45) is 1.36. The second kappa shape index (κ2) is 2.22. The Kier molecular flexibility index (Phi) is 1.35. The normalized spacial score (nSPS) is 44.8. The van der Waals surface area contributed by atoms with E-state index in [2.05, 4.69) is 17.1 Å². The van der Waals surface area contributed by atoms with Crippen LogP contribution in [0.15, 0.2) is 0 Å². The molecule has 0 radical (unpaired) electrons. The zero-order valence-electron chi connectivity index (χ0n) is 7.55. The van der Waals surface area contributed by atoms with Crippen LogP contribution >= 0.6 is 0 Å². The van der Waals surface area contributed by atoms with Gasteiger partial charge in [0.05, 0.1) is 18.8 Å². The monoisotopic (exact) mass is 168 g/mol. The number of likely N-dealkylation sites (tertiary alicyclic amines) is 1. The minimum absolute atomic E-state index is 0.377. The van der Waals surface area contributed by atoms with Crippen LogP contribution in [0.4, 0.5) is 0 Å². The van der Waals surface area contributed by atoms with Gasteiger partial charge in [-0.2, -0.15) is 0 Å². The lowest BCUT2D eigenvalue weighted by Crippen LogP contribution is -2.64. The molecule has 3 aliphatic rings. The van der Waals surface area contributed by atoms with Gasteiger partial charge in [-0.1, -0.05) is 0 Å². The van der Waals surface area contributed by atoms with Gasteiger partial charge in [-0.05, 0) is 13.3 Å². The highest BCUT2D eigenvalue weighted by molar-refractivity contribution is 5.06. The lowest BCUT2D eigenvalue weighted by Gasteiger charge is -2.49. The minimum atomic E-state index is 0.377. The van der Waals surface area contributed by atoms with Crippen LogP contribution in [-0.2, 0) is 4.74 Å². The molecule has 3 heterocycles. The van der Waals surface area contributed by atoms with Crippen molar-refractivity contribution in [3.63, 3.8) is 0 Å². The van der Waals surface area contributed by atoms with E-state index in [4.69, 9.17) is 4.74 Å². The molecule has 0 spiro atoms. The van der Waals surface area contributed by atoms with E-state index >= 15 is 0 Å². The number of hydrogen-bond acceptors (Lipinski definition) is 3. The smallest absolute Gasteiger partial charge is 0.0671 e. The molecule has 0 aromatic carbocycles. The first kappa shape index (κ1) is 7.30. The van der Waals surface area contributed by atoms with Gasteiger partial charge >= 0.3 is 0 Å². The third-order valence-electron chi connectivity index (χ3n) is 3.58. The standard InChI is InChI=1S/C9H16N2O/c1-9(5-12-6-9)11-4-7-2-8(11)3-10-7/h7-8,10H,2-6H2,1H3/t7-,8?/m0/s1. The van der Waals surface area contributed by atoms with Crippen LogP contribution < -0.4 is 5.32 Å². The fourth-order valence-electron chi connectivity index (χ4n) is 2.79. The Bertz CT molecular complexity index is 203. The van der Waals surface area contributed by atoms with Crippen LogP contribution in [0, 0.1) is 0 Å². The Morgan fingerprint density at radius 1 is 1.50 bits per heavy atom. The number of piperazine rings is 1. The first-order valence-corrected chi connectivity index (χ1v) is 4.86. The van der Waals surface area contributed by atoms with Gasteiger partial charge in [-0.25, -0.2) is 0 Å². The molecule has 0 saturated carbocycles. The molecule has 0 aromatic heterocycles. The molecule has 2 bridgehead atoms. The molecule has 0 aliphatic carbocycles. The van der Waals surface area contributed by atoms with Gasteiger partial charge in [0.15, 0.2) is 0 Å². The summed E-state index contributed by atoms with van der Waals surface area (Å²) in [6, 6.07) is 1.57. The lowest BCUT2D eigenvalue weighted by atomic mass is 9.96. The van der Waals surface area contributed by atoms with Crippen LogP contribution in [0.2, 0.25) is 0 Å². The molecule has 12 heavy (non-hydrogen) atoms. The Labute approximate surface area is 73.1 Å². The third-order valence-corrected chi connectivity index (χ3v) is 3.58. The summed E-state index contributed by atoms with van der Waals surface area (Å²) in [5, 5.41) is 3.52. The quantitative estimate of drug-likeness (QED) is 0.588. The molecule has 3 rings (SSSR count). The minimum Gasteiger partial charge on any atom is -0.377 e. The molecule has 3 aliphatic heterocycles. The maximum absolute atomic E-state index is 5.30. The van der Waals surface area contributed by atoms with Crippen molar-refractivity contribution in [1.29, 1.82) is 0 Å². The first-order chi connectivity index (χ1) is 5.78. The SMILES string of the molecule is CC1(N2C[C@@H]3CC2CN3)COC1. The van der Waals surface area contributed by atoms with Crippen LogP contribution in [-0.4, -0.2) is 48.8 Å². The van der Waals surface area contributed by atoms with Gasteiger partial charge in [-0.3, -0.25) is 4.90 Å². The highest BCUT2D eigenvalue weighted by Gasteiger charge is 2.49. The zero-order chi connectivity index (χ0) is 8.18. The summed E-state index contributed by atoms with van der Waals surface area (Å²) in [5.74, 6) is 0. The van der Waals surface area contributed by atoms with Crippen molar-refractivity contribution in [3.05, 3.63) is 0 Å². The van der Waals surface area contributed by atoms with E-state index in [0.29, 0.717) is 5.54 Å². The van der Waals surface area contributed by atoms with Crippen LogP contribution in [0.1, 0.15) is 13.3 Å². The average Bonchev–Trinajstić information content (AvgIpc) is 2.59. The van der Waals surface area contributed by atoms with E-state index in [1.807, 2.05) is 0 Å². The van der Waals surface area contributed by atoms with E-state index < -0.39 is 0 Å². The molecule has 0 amide bonds. The number of fused-ring (bicyclic) bond motifs is 2. The van der Waals surface area contributed by atoms with Gasteiger partial charge in [0.1, 0.15) is 0 Å². The van der Waals surface area contributed by atoms with Crippen molar-refractivity contribution in [2.75, 3.05) is 26.3 Å². The highest BCUT2D eigenvalue weighted by Crippen LogP contribution is 2.34. The van der Waals surface area contributed by atoms with Crippen molar-refractivity contribution in [2.24, 2.45) is 0 Å². The molecule has 1 unspecified atom stereocenters. The molecule has 3 saturated heterocycles. The van der Waals surface area contributed by atoms with Gasteiger partial charge in [0.25, 0.3) is 0 Å². The second-order valence-corrected chi connectivity index (χ2v) is 4.64. The number of nitrogens with one attached hydrogen (secondary N) is 1. The van der Waals surface area contributed by atoms with E-state index in [1.54, 1.807) is 0 Å². The summed E-state index contributed by atoms with van der Waals surface area (Å²) in [5.41, 5.74) is 0.377. The summed E-state index contributed by atoms with van der Waals surface area (Å²) < 4.78 is 5.30. The molecule has 3 nitrogen and oxygen atoms in total. The summed E-state index contributed by atoms with van der Waals surface area (Å²) in [4.78, 5) is 2.65. The first-order valence-electron chi connectivity index (χ1n) is 4.86. The fourth-order valence-corrected chi connectivity index (χ4v) is 2.79. The van der Waals surface area contributed by atoms with Crippen molar-refractivity contribution in [2.45, 2.75) is 31.0 Å². The largest absolute Gasteiger partial charge is 0.377 e. The number of rotatable bonds is 1. The number of ether oxygens (including phenoxy) is 1. The maximum atomic E-state index is 5.30. The van der Waals surface area contributed by atoms with E-state index in [9.17, 15) is 0 Å². The molecular formula is C9H16N2O. The van der Waals surface area contributed by atoms with Gasteiger partial charge < -0.3 is 10.1 Å². The molecule has 68 valence electrons.